The fraction of sp³-hybridized carbons (Fsp3) is 0.571. The van der Waals surface area contributed by atoms with Crippen molar-refractivity contribution in [2.24, 2.45) is 0 Å². The van der Waals surface area contributed by atoms with Crippen LogP contribution in [0.5, 0.6) is 0 Å². The lowest BCUT2D eigenvalue weighted by Crippen LogP contribution is -2.45. The Morgan fingerprint density at radius 1 is 1.22 bits per heavy atom. The van der Waals surface area contributed by atoms with Crippen LogP contribution in [0.15, 0.2) is 24.3 Å². The second-order valence-corrected chi connectivity index (χ2v) is 5.93. The Labute approximate surface area is 114 Å². The number of halogens is 1. The van der Waals surface area contributed by atoms with Crippen LogP contribution in [-0.2, 0) is 4.74 Å². The molecule has 0 fully saturated rings. The van der Waals surface area contributed by atoms with E-state index in [1.54, 1.807) is 7.11 Å². The molecule has 1 aromatic rings. The smallest absolute Gasteiger partial charge is 0.0659 e. The van der Waals surface area contributed by atoms with Gasteiger partial charge < -0.3 is 15.2 Å². The zero-order valence-electron chi connectivity index (χ0n) is 11.5. The van der Waals surface area contributed by atoms with Gasteiger partial charge in [0.05, 0.1) is 17.7 Å². The Bertz CT molecular complexity index is 378. The number of anilines is 1. The fourth-order valence-electron chi connectivity index (χ4n) is 2.03. The summed E-state index contributed by atoms with van der Waals surface area (Å²) >= 11 is 5.85. The summed E-state index contributed by atoms with van der Waals surface area (Å²) in [5.74, 6) is 0. The number of hydrogen-bond acceptors (Lipinski definition) is 3. The summed E-state index contributed by atoms with van der Waals surface area (Å²) in [6.07, 6.45) is 0.690. The maximum absolute atomic E-state index is 9.62. The Balaban J connectivity index is 2.79. The summed E-state index contributed by atoms with van der Waals surface area (Å²) in [6.45, 7) is 6.01. The average molecular weight is 272 g/mol. The molecule has 0 radical (unpaired) electrons. The molecule has 0 aliphatic heterocycles. The Morgan fingerprint density at radius 2 is 1.78 bits per heavy atom. The van der Waals surface area contributed by atoms with E-state index in [1.165, 1.54) is 0 Å². The third-order valence-electron chi connectivity index (χ3n) is 3.01. The van der Waals surface area contributed by atoms with Gasteiger partial charge in [-0.05, 0) is 45.0 Å². The summed E-state index contributed by atoms with van der Waals surface area (Å²) in [6, 6.07) is 7.44. The van der Waals surface area contributed by atoms with E-state index >= 15 is 0 Å². The van der Waals surface area contributed by atoms with E-state index in [0.717, 1.165) is 5.69 Å². The molecule has 4 heteroatoms. The van der Waals surface area contributed by atoms with Crippen LogP contribution in [0.25, 0.3) is 0 Å². The molecule has 0 heterocycles. The summed E-state index contributed by atoms with van der Waals surface area (Å²) in [5, 5.41) is 13.6. The predicted molar refractivity (Wildman–Crippen MR) is 76.3 cm³/mol. The number of ether oxygens (including phenoxy) is 1. The molecule has 1 atom stereocenters. The first-order valence-electron chi connectivity index (χ1n) is 6.00. The lowest BCUT2D eigenvalue weighted by Gasteiger charge is -2.37. The number of nitrogens with one attached hydrogen (secondary N) is 1. The van der Waals surface area contributed by atoms with Gasteiger partial charge in [-0.15, -0.1) is 0 Å². The fourth-order valence-corrected chi connectivity index (χ4v) is 2.16. The molecule has 0 spiro atoms. The summed E-state index contributed by atoms with van der Waals surface area (Å²) in [4.78, 5) is 0. The first kappa shape index (κ1) is 15.3. The van der Waals surface area contributed by atoms with Gasteiger partial charge in [-0.3, -0.25) is 0 Å². The number of aliphatic hydroxyl groups excluding tert-OH is 1. The van der Waals surface area contributed by atoms with Gasteiger partial charge in [0.2, 0.25) is 0 Å². The van der Waals surface area contributed by atoms with E-state index in [9.17, 15) is 5.11 Å². The molecule has 2 N–H and O–H groups in total. The Kier molecular flexibility index (Phi) is 5.02. The van der Waals surface area contributed by atoms with E-state index in [0.29, 0.717) is 11.4 Å². The minimum Gasteiger partial charge on any atom is -0.394 e. The molecule has 102 valence electrons. The topological polar surface area (TPSA) is 41.5 Å². The van der Waals surface area contributed by atoms with Crippen LogP contribution in [0.3, 0.4) is 0 Å². The van der Waals surface area contributed by atoms with Crippen molar-refractivity contribution in [3.63, 3.8) is 0 Å². The van der Waals surface area contributed by atoms with Gasteiger partial charge in [-0.1, -0.05) is 11.6 Å². The molecule has 1 unspecified atom stereocenters. The average Bonchev–Trinajstić information content (AvgIpc) is 2.32. The van der Waals surface area contributed by atoms with Crippen molar-refractivity contribution in [3.05, 3.63) is 29.3 Å². The summed E-state index contributed by atoms with van der Waals surface area (Å²) in [7, 11) is 1.68. The van der Waals surface area contributed by atoms with Gasteiger partial charge in [0.1, 0.15) is 0 Å². The van der Waals surface area contributed by atoms with Gasteiger partial charge >= 0.3 is 0 Å². The van der Waals surface area contributed by atoms with E-state index in [1.807, 2.05) is 45.0 Å². The van der Waals surface area contributed by atoms with Crippen LogP contribution in [0.2, 0.25) is 5.02 Å². The van der Waals surface area contributed by atoms with E-state index in [-0.39, 0.29) is 12.2 Å². The lowest BCUT2D eigenvalue weighted by atomic mass is 9.88. The summed E-state index contributed by atoms with van der Waals surface area (Å²) < 4.78 is 5.42. The van der Waals surface area contributed by atoms with Crippen molar-refractivity contribution >= 4 is 17.3 Å². The van der Waals surface area contributed by atoms with Gasteiger partial charge in [0.15, 0.2) is 0 Å². The highest BCUT2D eigenvalue weighted by molar-refractivity contribution is 6.30. The highest BCUT2D eigenvalue weighted by Crippen LogP contribution is 2.27. The van der Waals surface area contributed by atoms with E-state index < -0.39 is 5.54 Å². The minimum absolute atomic E-state index is 0.0302. The molecule has 1 aromatic carbocycles. The van der Waals surface area contributed by atoms with Crippen molar-refractivity contribution < 1.29 is 9.84 Å². The highest BCUT2D eigenvalue weighted by atomic mass is 35.5. The SMILES string of the molecule is COC(C)(C)CC(C)(CO)Nc1ccc(Cl)cc1. The zero-order valence-corrected chi connectivity index (χ0v) is 12.2. The molecule has 0 saturated carbocycles. The van der Waals surface area contributed by atoms with Gasteiger partial charge in [0.25, 0.3) is 0 Å². The second-order valence-electron chi connectivity index (χ2n) is 5.49. The summed E-state index contributed by atoms with van der Waals surface area (Å²) in [5.41, 5.74) is 0.201. The first-order valence-corrected chi connectivity index (χ1v) is 6.38. The largest absolute Gasteiger partial charge is 0.394 e. The highest BCUT2D eigenvalue weighted by Gasteiger charge is 2.32. The number of aliphatic hydroxyl groups is 1. The van der Waals surface area contributed by atoms with Crippen molar-refractivity contribution in [2.45, 2.75) is 38.3 Å². The molecule has 0 saturated heterocycles. The van der Waals surface area contributed by atoms with Crippen molar-refractivity contribution in [1.82, 2.24) is 0 Å². The minimum atomic E-state index is -0.437. The number of rotatable bonds is 6. The van der Waals surface area contributed by atoms with Gasteiger partial charge in [-0.2, -0.15) is 0 Å². The second kappa shape index (κ2) is 5.91. The maximum atomic E-state index is 9.62. The third-order valence-corrected chi connectivity index (χ3v) is 3.26. The molecule has 18 heavy (non-hydrogen) atoms. The van der Waals surface area contributed by atoms with Crippen molar-refractivity contribution in [1.29, 1.82) is 0 Å². The molecule has 0 aromatic heterocycles. The van der Waals surface area contributed by atoms with Crippen LogP contribution in [0.1, 0.15) is 27.2 Å². The standard InChI is InChI=1S/C14H22ClNO2/c1-13(2,18-4)9-14(3,10-17)16-12-7-5-11(15)6-8-12/h5-8,16-17H,9-10H2,1-4H3. The molecular weight excluding hydrogens is 250 g/mol. The lowest BCUT2D eigenvalue weighted by molar-refractivity contribution is -0.00531. The molecular formula is C14H22ClNO2. The monoisotopic (exact) mass is 271 g/mol. The van der Waals surface area contributed by atoms with E-state index in [2.05, 4.69) is 5.32 Å². The first-order chi connectivity index (χ1) is 8.30. The number of benzene rings is 1. The van der Waals surface area contributed by atoms with Crippen LogP contribution in [0.4, 0.5) is 5.69 Å². The molecule has 0 amide bonds. The predicted octanol–water partition coefficient (Wildman–Crippen LogP) is 3.32. The molecule has 3 nitrogen and oxygen atoms in total. The number of methoxy groups -OCH3 is 1. The van der Waals surface area contributed by atoms with Crippen molar-refractivity contribution in [2.75, 3.05) is 19.0 Å². The van der Waals surface area contributed by atoms with E-state index in [4.69, 9.17) is 16.3 Å². The Hall–Kier alpha value is -0.770. The van der Waals surface area contributed by atoms with Crippen molar-refractivity contribution in [3.8, 4) is 0 Å². The van der Waals surface area contributed by atoms with Crippen LogP contribution < -0.4 is 5.32 Å². The molecule has 0 aliphatic rings. The van der Waals surface area contributed by atoms with Crippen LogP contribution in [0, 0.1) is 0 Å². The maximum Gasteiger partial charge on any atom is 0.0659 e. The van der Waals surface area contributed by atoms with Gasteiger partial charge in [-0.25, -0.2) is 0 Å². The normalized spacial score (nSPS) is 15.2. The zero-order chi connectivity index (χ0) is 13.8. The van der Waals surface area contributed by atoms with Gasteiger partial charge in [0, 0.05) is 24.2 Å². The quantitative estimate of drug-likeness (QED) is 0.834. The molecule has 0 bridgehead atoms. The Morgan fingerprint density at radius 3 is 2.22 bits per heavy atom. The number of hydrogen-bond donors (Lipinski definition) is 2. The molecule has 0 aliphatic carbocycles. The van der Waals surface area contributed by atoms with Crippen LogP contribution in [-0.4, -0.2) is 30.0 Å². The van der Waals surface area contributed by atoms with Crippen LogP contribution >= 0.6 is 11.6 Å². The third kappa shape index (κ3) is 4.48. The molecule has 1 rings (SSSR count).